The largest absolute Gasteiger partial charge is 0.338 e. The minimum atomic E-state index is 0.298. The van der Waals surface area contributed by atoms with Crippen molar-refractivity contribution in [2.75, 3.05) is 31.6 Å². The maximum atomic E-state index is 5.29. The lowest BCUT2D eigenvalue weighted by Crippen LogP contribution is -2.33. The van der Waals surface area contributed by atoms with Crippen molar-refractivity contribution in [1.29, 1.82) is 0 Å². The molecule has 2 heterocycles. The summed E-state index contributed by atoms with van der Waals surface area (Å²) in [5, 5.41) is 7.42. The van der Waals surface area contributed by atoms with Crippen LogP contribution in [0.5, 0.6) is 0 Å². The summed E-state index contributed by atoms with van der Waals surface area (Å²) in [7, 11) is 2.12. The van der Waals surface area contributed by atoms with E-state index < -0.39 is 0 Å². The molecule has 5 nitrogen and oxygen atoms in total. The van der Waals surface area contributed by atoms with Crippen LogP contribution in [-0.4, -0.2) is 46.7 Å². The van der Waals surface area contributed by atoms with Crippen molar-refractivity contribution in [2.45, 2.75) is 26.4 Å². The molecule has 102 valence electrons. The lowest BCUT2D eigenvalue weighted by atomic mass is 10.2. The zero-order valence-corrected chi connectivity index (χ0v) is 12.2. The third-order valence-corrected chi connectivity index (χ3v) is 4.03. The molecule has 1 fully saturated rings. The van der Waals surface area contributed by atoms with E-state index in [-0.39, 0.29) is 0 Å². The van der Waals surface area contributed by atoms with E-state index in [4.69, 9.17) is 4.52 Å². The summed E-state index contributed by atoms with van der Waals surface area (Å²) >= 11 is 1.95. The van der Waals surface area contributed by atoms with Crippen molar-refractivity contribution in [2.24, 2.45) is 5.92 Å². The maximum Gasteiger partial charge on any atom is 0.240 e. The Morgan fingerprint density at radius 3 is 3.11 bits per heavy atom. The number of nitrogens with one attached hydrogen (secondary N) is 1. The highest BCUT2D eigenvalue weighted by Gasteiger charge is 2.25. The van der Waals surface area contributed by atoms with Crippen LogP contribution in [0.15, 0.2) is 4.52 Å². The highest BCUT2D eigenvalue weighted by molar-refractivity contribution is 7.99. The molecule has 1 aromatic rings. The molecular formula is C12H22N4OS. The number of nitrogens with zero attached hydrogens (tertiary/aromatic N) is 3. The minimum Gasteiger partial charge on any atom is -0.338 e. The molecule has 0 radical (unpaired) electrons. The van der Waals surface area contributed by atoms with Crippen LogP contribution in [0.25, 0.3) is 0 Å². The third-order valence-electron chi connectivity index (χ3n) is 3.01. The second kappa shape index (κ2) is 6.54. The topological polar surface area (TPSA) is 54.2 Å². The quantitative estimate of drug-likeness (QED) is 0.876. The summed E-state index contributed by atoms with van der Waals surface area (Å²) in [4.78, 5) is 6.78. The zero-order valence-electron chi connectivity index (χ0n) is 11.3. The first-order valence-corrected chi connectivity index (χ1v) is 7.63. The molecule has 18 heavy (non-hydrogen) atoms. The number of hydrogen-bond acceptors (Lipinski definition) is 6. The second-order valence-corrected chi connectivity index (χ2v) is 6.29. The number of hydrogen-bond donors (Lipinski definition) is 1. The van der Waals surface area contributed by atoms with Gasteiger partial charge in [0, 0.05) is 18.1 Å². The first-order chi connectivity index (χ1) is 8.66. The van der Waals surface area contributed by atoms with Crippen LogP contribution >= 0.6 is 11.8 Å². The molecule has 0 amide bonds. The predicted octanol–water partition coefficient (Wildman–Crippen LogP) is 1.53. The molecule has 1 aliphatic rings. The lowest BCUT2D eigenvalue weighted by Gasteiger charge is -2.29. The fourth-order valence-corrected chi connectivity index (χ4v) is 3.11. The van der Waals surface area contributed by atoms with Gasteiger partial charge < -0.3 is 9.84 Å². The summed E-state index contributed by atoms with van der Waals surface area (Å²) in [5.41, 5.74) is 0. The highest BCUT2D eigenvalue weighted by atomic mass is 32.2. The van der Waals surface area contributed by atoms with E-state index in [0.717, 1.165) is 24.7 Å². The van der Waals surface area contributed by atoms with Crippen LogP contribution in [0.1, 0.15) is 31.6 Å². The van der Waals surface area contributed by atoms with E-state index in [1.807, 2.05) is 11.8 Å². The van der Waals surface area contributed by atoms with Gasteiger partial charge in [-0.05, 0) is 19.5 Å². The lowest BCUT2D eigenvalue weighted by molar-refractivity contribution is 0.256. The van der Waals surface area contributed by atoms with Crippen LogP contribution in [0.3, 0.4) is 0 Å². The number of aromatic nitrogens is 2. The van der Waals surface area contributed by atoms with Crippen molar-refractivity contribution < 1.29 is 4.52 Å². The Hall–Kier alpha value is -0.590. The van der Waals surface area contributed by atoms with Gasteiger partial charge in [0.2, 0.25) is 5.89 Å². The van der Waals surface area contributed by atoms with Crippen molar-refractivity contribution >= 4 is 11.8 Å². The van der Waals surface area contributed by atoms with Crippen molar-refractivity contribution in [3.05, 3.63) is 11.7 Å². The molecule has 1 saturated heterocycles. The fraction of sp³-hybridized carbons (Fsp3) is 0.833. The molecule has 0 saturated carbocycles. The van der Waals surface area contributed by atoms with E-state index in [2.05, 4.69) is 41.3 Å². The van der Waals surface area contributed by atoms with Gasteiger partial charge in [0.05, 0.1) is 12.6 Å². The standard InChI is InChI=1S/C12H22N4OS/c1-9(2)6-13-7-11-14-12(15-17-11)10-8-18-5-4-16(10)3/h9-10,13H,4-8H2,1-3H3. The zero-order chi connectivity index (χ0) is 13.0. The van der Waals surface area contributed by atoms with E-state index >= 15 is 0 Å². The summed E-state index contributed by atoms with van der Waals surface area (Å²) < 4.78 is 5.29. The summed E-state index contributed by atoms with van der Waals surface area (Å²) in [6, 6.07) is 0.298. The van der Waals surface area contributed by atoms with Gasteiger partial charge in [-0.25, -0.2) is 0 Å². The highest BCUT2D eigenvalue weighted by Crippen LogP contribution is 2.26. The SMILES string of the molecule is CC(C)CNCc1nc(C2CSCCN2C)no1. The molecule has 0 bridgehead atoms. The van der Waals surface area contributed by atoms with Crippen LogP contribution in [0, 0.1) is 5.92 Å². The summed E-state index contributed by atoms with van der Waals surface area (Å²) in [5.74, 6) is 4.39. The Labute approximate surface area is 113 Å². The van der Waals surface area contributed by atoms with E-state index in [1.54, 1.807) is 0 Å². The van der Waals surface area contributed by atoms with Gasteiger partial charge in [0.25, 0.3) is 0 Å². The van der Waals surface area contributed by atoms with E-state index in [1.165, 1.54) is 5.75 Å². The molecule has 2 rings (SSSR count). The summed E-state index contributed by atoms with van der Waals surface area (Å²) in [6.07, 6.45) is 0. The Balaban J connectivity index is 1.88. The second-order valence-electron chi connectivity index (χ2n) is 5.14. The van der Waals surface area contributed by atoms with Gasteiger partial charge in [-0.15, -0.1) is 0 Å². The minimum absolute atomic E-state index is 0.298. The fourth-order valence-electron chi connectivity index (χ4n) is 1.90. The average molecular weight is 270 g/mol. The number of rotatable bonds is 5. The monoisotopic (exact) mass is 270 g/mol. The van der Waals surface area contributed by atoms with Crippen molar-refractivity contribution in [3.63, 3.8) is 0 Å². The molecule has 1 N–H and O–H groups in total. The van der Waals surface area contributed by atoms with Crippen molar-refractivity contribution in [3.8, 4) is 0 Å². The molecule has 0 spiro atoms. The normalized spacial score (nSPS) is 21.7. The van der Waals surface area contributed by atoms with Gasteiger partial charge in [0.15, 0.2) is 5.82 Å². The molecule has 1 aromatic heterocycles. The van der Waals surface area contributed by atoms with Gasteiger partial charge in [-0.3, -0.25) is 4.90 Å². The molecule has 6 heteroatoms. The van der Waals surface area contributed by atoms with Crippen LogP contribution < -0.4 is 5.32 Å². The van der Waals surface area contributed by atoms with Crippen LogP contribution in [0.4, 0.5) is 0 Å². The Bertz CT molecular complexity index is 369. The van der Waals surface area contributed by atoms with Crippen LogP contribution in [0.2, 0.25) is 0 Å². The van der Waals surface area contributed by atoms with E-state index in [0.29, 0.717) is 24.4 Å². The first kappa shape index (κ1) is 13.8. The Morgan fingerprint density at radius 2 is 2.39 bits per heavy atom. The molecule has 0 aliphatic carbocycles. The third kappa shape index (κ3) is 3.70. The molecular weight excluding hydrogens is 248 g/mol. The van der Waals surface area contributed by atoms with Crippen molar-refractivity contribution in [1.82, 2.24) is 20.4 Å². The first-order valence-electron chi connectivity index (χ1n) is 6.48. The summed E-state index contributed by atoms with van der Waals surface area (Å²) in [6.45, 7) is 7.08. The van der Waals surface area contributed by atoms with Gasteiger partial charge in [-0.2, -0.15) is 16.7 Å². The van der Waals surface area contributed by atoms with E-state index in [9.17, 15) is 0 Å². The Kier molecular flexibility index (Phi) is 5.03. The molecule has 1 unspecified atom stereocenters. The van der Waals surface area contributed by atoms with Gasteiger partial charge in [0.1, 0.15) is 0 Å². The Morgan fingerprint density at radius 1 is 1.56 bits per heavy atom. The van der Waals surface area contributed by atoms with Gasteiger partial charge >= 0.3 is 0 Å². The smallest absolute Gasteiger partial charge is 0.240 e. The van der Waals surface area contributed by atoms with Crippen LogP contribution in [-0.2, 0) is 6.54 Å². The molecule has 0 aromatic carbocycles. The average Bonchev–Trinajstić information content (AvgIpc) is 2.78. The number of thioether (sulfide) groups is 1. The predicted molar refractivity (Wildman–Crippen MR) is 73.5 cm³/mol. The van der Waals surface area contributed by atoms with Gasteiger partial charge in [-0.1, -0.05) is 19.0 Å². The maximum absolute atomic E-state index is 5.29. The molecule has 1 atom stereocenters. The molecule has 1 aliphatic heterocycles.